The maximum atomic E-state index is 12.3. The van der Waals surface area contributed by atoms with Crippen LogP contribution in [0.3, 0.4) is 0 Å². The Bertz CT molecular complexity index is 175. The Kier molecular flexibility index (Phi) is 2.23. The monoisotopic (exact) mass is 178 g/mol. The van der Waals surface area contributed by atoms with Crippen LogP contribution in [0.15, 0.2) is 12.7 Å². The molecule has 12 heavy (non-hydrogen) atoms. The molecule has 0 spiro atoms. The highest BCUT2D eigenvalue weighted by atomic mass is 19.4. The van der Waals surface area contributed by atoms with E-state index >= 15 is 0 Å². The third kappa shape index (κ3) is 1.50. The van der Waals surface area contributed by atoms with Gasteiger partial charge in [0.1, 0.15) is 0 Å². The van der Waals surface area contributed by atoms with Crippen molar-refractivity contribution in [3.05, 3.63) is 12.7 Å². The number of rotatable bonds is 2. The Morgan fingerprint density at radius 3 is 2.33 bits per heavy atom. The van der Waals surface area contributed by atoms with Gasteiger partial charge in [0, 0.05) is 0 Å². The summed E-state index contributed by atoms with van der Waals surface area (Å²) in [6.07, 6.45) is -1.08. The first-order chi connectivity index (χ1) is 5.39. The highest BCUT2D eigenvalue weighted by molar-refractivity contribution is 4.97. The molecule has 1 aliphatic carbocycles. The molecule has 0 aromatic carbocycles. The summed E-state index contributed by atoms with van der Waals surface area (Å²) in [5.41, 5.74) is -1.42. The Balaban J connectivity index is 2.45. The highest BCUT2D eigenvalue weighted by Crippen LogP contribution is 2.56. The molecule has 3 heteroatoms. The molecule has 0 radical (unpaired) electrons. The molecule has 1 rings (SSSR count). The predicted molar refractivity (Wildman–Crippen MR) is 41.7 cm³/mol. The Labute approximate surface area is 70.5 Å². The van der Waals surface area contributed by atoms with Gasteiger partial charge in [0.25, 0.3) is 0 Å². The third-order valence-corrected chi connectivity index (χ3v) is 2.66. The summed E-state index contributed by atoms with van der Waals surface area (Å²) >= 11 is 0. The van der Waals surface area contributed by atoms with E-state index in [0.29, 0.717) is 6.42 Å². The molecule has 0 aromatic rings. The van der Waals surface area contributed by atoms with E-state index in [-0.39, 0.29) is 18.8 Å². The average molecular weight is 178 g/mol. The number of hydrogen-bond acceptors (Lipinski definition) is 0. The van der Waals surface area contributed by atoms with Crippen molar-refractivity contribution >= 4 is 0 Å². The molecule has 0 aromatic heterocycles. The molecular formula is C9H13F3. The summed E-state index contributed by atoms with van der Waals surface area (Å²) in [5, 5.41) is 0. The minimum Gasteiger partial charge on any atom is -0.171 e. The van der Waals surface area contributed by atoms with Crippen LogP contribution in [0, 0.1) is 11.3 Å². The quantitative estimate of drug-likeness (QED) is 0.567. The first-order valence-electron chi connectivity index (χ1n) is 4.07. The van der Waals surface area contributed by atoms with Crippen molar-refractivity contribution in [1.82, 2.24) is 0 Å². The number of alkyl halides is 3. The van der Waals surface area contributed by atoms with Crippen molar-refractivity contribution < 1.29 is 13.2 Å². The van der Waals surface area contributed by atoms with Crippen molar-refractivity contribution in [2.75, 3.05) is 0 Å². The zero-order valence-corrected chi connectivity index (χ0v) is 7.12. The summed E-state index contributed by atoms with van der Waals surface area (Å²) in [7, 11) is 0. The molecule has 0 bridgehead atoms. The van der Waals surface area contributed by atoms with Crippen LogP contribution in [0.5, 0.6) is 0 Å². The molecule has 0 N–H and O–H groups in total. The average Bonchev–Trinajstić information content (AvgIpc) is 1.82. The largest absolute Gasteiger partial charge is 0.394 e. The van der Waals surface area contributed by atoms with Crippen LogP contribution in [0.4, 0.5) is 13.2 Å². The topological polar surface area (TPSA) is 0 Å². The number of allylic oxidation sites excluding steroid dienone is 1. The lowest BCUT2D eigenvalue weighted by molar-refractivity contribution is -0.255. The fourth-order valence-corrected chi connectivity index (χ4v) is 1.85. The third-order valence-electron chi connectivity index (χ3n) is 2.66. The molecule has 0 unspecified atom stereocenters. The molecule has 0 saturated heterocycles. The lowest BCUT2D eigenvalue weighted by Crippen LogP contribution is -2.46. The molecule has 1 aliphatic rings. The lowest BCUT2D eigenvalue weighted by Gasteiger charge is -2.46. The van der Waals surface area contributed by atoms with E-state index in [1.165, 1.54) is 6.92 Å². The van der Waals surface area contributed by atoms with Crippen LogP contribution >= 0.6 is 0 Å². The van der Waals surface area contributed by atoms with Crippen LogP contribution in [-0.2, 0) is 0 Å². The Hall–Kier alpha value is -0.470. The van der Waals surface area contributed by atoms with Gasteiger partial charge in [-0.15, -0.1) is 6.58 Å². The van der Waals surface area contributed by atoms with Crippen molar-refractivity contribution in [2.24, 2.45) is 11.3 Å². The molecule has 0 amide bonds. The summed E-state index contributed by atoms with van der Waals surface area (Å²) in [5.74, 6) is 0.203. The second-order valence-electron chi connectivity index (χ2n) is 3.86. The van der Waals surface area contributed by atoms with Gasteiger partial charge in [0.05, 0.1) is 5.41 Å². The first kappa shape index (κ1) is 9.62. The van der Waals surface area contributed by atoms with E-state index < -0.39 is 11.6 Å². The molecule has 0 atom stereocenters. The van der Waals surface area contributed by atoms with E-state index in [9.17, 15) is 13.2 Å². The molecule has 0 nitrogen and oxygen atoms in total. The van der Waals surface area contributed by atoms with Crippen LogP contribution in [-0.4, -0.2) is 6.18 Å². The van der Waals surface area contributed by atoms with E-state index in [2.05, 4.69) is 6.58 Å². The van der Waals surface area contributed by atoms with Crippen LogP contribution < -0.4 is 0 Å². The van der Waals surface area contributed by atoms with Crippen LogP contribution in [0.2, 0.25) is 0 Å². The van der Waals surface area contributed by atoms with Gasteiger partial charge < -0.3 is 0 Å². The van der Waals surface area contributed by atoms with Gasteiger partial charge in [-0.3, -0.25) is 0 Å². The smallest absolute Gasteiger partial charge is 0.171 e. The van der Waals surface area contributed by atoms with Crippen molar-refractivity contribution in [3.63, 3.8) is 0 Å². The Morgan fingerprint density at radius 1 is 1.50 bits per heavy atom. The standard InChI is InChI=1S/C9H13F3/c1-3-4-7-5-8(2,6-7)9(10,11)12/h3,7H,1,4-6H2,2H3. The van der Waals surface area contributed by atoms with Crippen molar-refractivity contribution in [2.45, 2.75) is 32.4 Å². The van der Waals surface area contributed by atoms with Crippen molar-refractivity contribution in [3.8, 4) is 0 Å². The summed E-state index contributed by atoms with van der Waals surface area (Å²) < 4.78 is 36.8. The maximum absolute atomic E-state index is 12.3. The van der Waals surface area contributed by atoms with E-state index in [4.69, 9.17) is 0 Å². The Morgan fingerprint density at radius 2 is 2.00 bits per heavy atom. The van der Waals surface area contributed by atoms with Gasteiger partial charge in [0.2, 0.25) is 0 Å². The molecular weight excluding hydrogens is 165 g/mol. The molecule has 1 fully saturated rings. The summed E-state index contributed by atoms with van der Waals surface area (Å²) in [4.78, 5) is 0. The molecule has 0 aliphatic heterocycles. The molecule has 0 heterocycles. The second kappa shape index (κ2) is 2.79. The van der Waals surface area contributed by atoms with Gasteiger partial charge in [-0.2, -0.15) is 13.2 Å². The van der Waals surface area contributed by atoms with Gasteiger partial charge >= 0.3 is 6.18 Å². The predicted octanol–water partition coefficient (Wildman–Crippen LogP) is 3.54. The van der Waals surface area contributed by atoms with Gasteiger partial charge in [-0.25, -0.2) is 0 Å². The van der Waals surface area contributed by atoms with E-state index in [0.717, 1.165) is 0 Å². The molecule has 70 valence electrons. The van der Waals surface area contributed by atoms with E-state index in [1.807, 2.05) is 0 Å². The number of halogens is 3. The zero-order chi connectivity index (χ0) is 9.41. The molecule has 1 saturated carbocycles. The normalized spacial score (nSPS) is 35.8. The van der Waals surface area contributed by atoms with Crippen LogP contribution in [0.1, 0.15) is 26.2 Å². The van der Waals surface area contributed by atoms with E-state index in [1.54, 1.807) is 6.08 Å². The minimum atomic E-state index is -4.02. The lowest BCUT2D eigenvalue weighted by atomic mass is 9.62. The van der Waals surface area contributed by atoms with Gasteiger partial charge in [-0.05, 0) is 25.2 Å². The minimum absolute atomic E-state index is 0.203. The van der Waals surface area contributed by atoms with Gasteiger partial charge in [-0.1, -0.05) is 13.0 Å². The van der Waals surface area contributed by atoms with Crippen molar-refractivity contribution in [1.29, 1.82) is 0 Å². The SMILES string of the molecule is C=CCC1CC(C)(C(F)(F)F)C1. The highest BCUT2D eigenvalue weighted by Gasteiger charge is 2.57. The summed E-state index contributed by atoms with van der Waals surface area (Å²) in [6, 6.07) is 0. The zero-order valence-electron chi connectivity index (χ0n) is 7.12. The summed E-state index contributed by atoms with van der Waals surface area (Å²) in [6.45, 7) is 4.81. The maximum Gasteiger partial charge on any atom is 0.394 e. The second-order valence-corrected chi connectivity index (χ2v) is 3.86. The first-order valence-corrected chi connectivity index (χ1v) is 4.07. The van der Waals surface area contributed by atoms with Gasteiger partial charge in [0.15, 0.2) is 0 Å². The fraction of sp³-hybridized carbons (Fsp3) is 0.778. The number of hydrogen-bond donors (Lipinski definition) is 0. The fourth-order valence-electron chi connectivity index (χ4n) is 1.85. The van der Waals surface area contributed by atoms with Crippen LogP contribution in [0.25, 0.3) is 0 Å².